The Morgan fingerprint density at radius 1 is 1.17 bits per heavy atom. The van der Waals surface area contributed by atoms with Crippen LogP contribution in [0.2, 0.25) is 0 Å². The van der Waals surface area contributed by atoms with E-state index in [1.54, 1.807) is 11.8 Å². The molecule has 4 aliphatic rings. The van der Waals surface area contributed by atoms with Crippen molar-refractivity contribution in [2.24, 2.45) is 17.3 Å². The first-order valence-corrected chi connectivity index (χ1v) is 10.1. The van der Waals surface area contributed by atoms with Gasteiger partial charge in [-0.05, 0) is 62.5 Å². The van der Waals surface area contributed by atoms with Crippen LogP contribution in [0.25, 0.3) is 0 Å². The fourth-order valence-electron chi connectivity index (χ4n) is 5.45. The molecule has 4 saturated carbocycles. The average Bonchev–Trinajstić information content (AvgIpc) is 2.50. The van der Waals surface area contributed by atoms with E-state index in [2.05, 4.69) is 29.6 Å². The van der Waals surface area contributed by atoms with Gasteiger partial charge in [-0.25, -0.2) is 0 Å². The Bertz CT molecular complexity index is 576. The van der Waals surface area contributed by atoms with Crippen molar-refractivity contribution < 1.29 is 4.79 Å². The molecule has 4 aliphatic carbocycles. The number of hydrogen-bond donors (Lipinski definition) is 1. The summed E-state index contributed by atoms with van der Waals surface area (Å²) in [6.07, 6.45) is 6.58. The zero-order valence-electron chi connectivity index (χ0n) is 13.4. The molecule has 124 valence electrons. The largest absolute Gasteiger partial charge is 0.355 e. The molecule has 0 aromatic heterocycles. The molecular weight excluding hydrogens is 326 g/mol. The Morgan fingerprint density at radius 2 is 1.87 bits per heavy atom. The Kier molecular flexibility index (Phi) is 4.13. The van der Waals surface area contributed by atoms with Gasteiger partial charge in [0.2, 0.25) is 5.91 Å². The molecule has 0 aliphatic heterocycles. The second kappa shape index (κ2) is 6.00. The van der Waals surface area contributed by atoms with E-state index in [0.29, 0.717) is 11.8 Å². The van der Waals surface area contributed by atoms with Crippen molar-refractivity contribution in [3.05, 3.63) is 30.3 Å². The zero-order chi connectivity index (χ0) is 15.9. The number of nitrogens with one attached hydrogen (secondary N) is 1. The van der Waals surface area contributed by atoms with Gasteiger partial charge in [0, 0.05) is 22.1 Å². The molecule has 2 nitrogen and oxygen atoms in total. The first kappa shape index (κ1) is 15.8. The number of thioether (sulfide) groups is 1. The highest BCUT2D eigenvalue weighted by Gasteiger charge is 2.59. The number of amides is 1. The molecule has 1 amide bonds. The molecule has 1 N–H and O–H groups in total. The normalized spacial score (nSPS) is 37.8. The van der Waals surface area contributed by atoms with E-state index in [4.69, 9.17) is 11.6 Å². The predicted molar refractivity (Wildman–Crippen MR) is 95.9 cm³/mol. The lowest BCUT2D eigenvalue weighted by molar-refractivity contribution is -0.144. The fraction of sp³-hybridized carbons (Fsp3) is 0.632. The van der Waals surface area contributed by atoms with E-state index >= 15 is 0 Å². The number of halogens is 1. The average molecular weight is 350 g/mol. The van der Waals surface area contributed by atoms with Gasteiger partial charge in [-0.15, -0.1) is 23.4 Å². The maximum atomic E-state index is 12.9. The summed E-state index contributed by atoms with van der Waals surface area (Å²) in [4.78, 5) is 14.0. The summed E-state index contributed by atoms with van der Waals surface area (Å²) < 4.78 is 0. The summed E-state index contributed by atoms with van der Waals surface area (Å²) in [5.74, 6) is 2.55. The molecule has 23 heavy (non-hydrogen) atoms. The molecule has 4 bridgehead atoms. The molecule has 4 fully saturated rings. The lowest BCUT2D eigenvalue weighted by atomic mass is 9.49. The monoisotopic (exact) mass is 349 g/mol. The van der Waals surface area contributed by atoms with Crippen LogP contribution in [0.5, 0.6) is 0 Å². The Hall–Kier alpha value is -0.670. The van der Waals surface area contributed by atoms with Crippen molar-refractivity contribution in [1.82, 2.24) is 5.32 Å². The van der Waals surface area contributed by atoms with E-state index in [0.717, 1.165) is 44.4 Å². The highest BCUT2D eigenvalue weighted by atomic mass is 35.5. The van der Waals surface area contributed by atoms with E-state index in [1.807, 2.05) is 6.07 Å². The highest BCUT2D eigenvalue weighted by molar-refractivity contribution is 7.99. The molecule has 5 rings (SSSR count). The summed E-state index contributed by atoms with van der Waals surface area (Å²) in [6, 6.07) is 10.4. The van der Waals surface area contributed by atoms with E-state index in [-0.39, 0.29) is 16.2 Å². The van der Waals surface area contributed by atoms with E-state index in [1.165, 1.54) is 11.3 Å². The fourth-order valence-corrected chi connectivity index (χ4v) is 6.94. The third kappa shape index (κ3) is 3.15. The van der Waals surface area contributed by atoms with Crippen molar-refractivity contribution in [2.75, 3.05) is 12.3 Å². The van der Waals surface area contributed by atoms with Crippen LogP contribution in [0.15, 0.2) is 35.2 Å². The summed E-state index contributed by atoms with van der Waals surface area (Å²) in [6.45, 7) is 0.741. The summed E-state index contributed by atoms with van der Waals surface area (Å²) >= 11 is 8.62. The number of carbonyl (C=O) groups is 1. The molecule has 1 aromatic rings. The third-order valence-electron chi connectivity index (χ3n) is 5.87. The highest BCUT2D eigenvalue weighted by Crippen LogP contribution is 2.63. The molecule has 0 spiro atoms. The maximum Gasteiger partial charge on any atom is 0.226 e. The number of benzene rings is 1. The summed E-state index contributed by atoms with van der Waals surface area (Å²) in [5, 5.41) is 3.21. The SMILES string of the molecule is O=C(NCCSc1ccccc1)C12CC3CC(CC(Cl)(C3)C1)C2. The topological polar surface area (TPSA) is 29.1 Å². The van der Waals surface area contributed by atoms with Gasteiger partial charge in [-0.3, -0.25) is 4.79 Å². The van der Waals surface area contributed by atoms with Crippen molar-refractivity contribution in [3.63, 3.8) is 0 Å². The summed E-state index contributed by atoms with van der Waals surface area (Å²) in [7, 11) is 0. The molecule has 2 unspecified atom stereocenters. The minimum atomic E-state index is -0.163. The Balaban J connectivity index is 1.32. The Labute approximate surface area is 147 Å². The minimum absolute atomic E-state index is 0.0831. The third-order valence-corrected chi connectivity index (χ3v) is 7.33. The van der Waals surface area contributed by atoms with Crippen molar-refractivity contribution >= 4 is 29.3 Å². The molecule has 0 saturated heterocycles. The van der Waals surface area contributed by atoms with E-state index < -0.39 is 0 Å². The molecule has 2 atom stereocenters. The van der Waals surface area contributed by atoms with Gasteiger partial charge >= 0.3 is 0 Å². The van der Waals surface area contributed by atoms with Crippen LogP contribution in [0.3, 0.4) is 0 Å². The van der Waals surface area contributed by atoms with Gasteiger partial charge in [0.05, 0.1) is 5.41 Å². The molecule has 0 radical (unpaired) electrons. The lowest BCUT2D eigenvalue weighted by Gasteiger charge is -2.59. The number of hydrogen-bond acceptors (Lipinski definition) is 2. The van der Waals surface area contributed by atoms with Crippen molar-refractivity contribution in [2.45, 2.75) is 48.3 Å². The predicted octanol–water partition coefficient (Wildman–Crippen LogP) is 4.47. The first-order chi connectivity index (χ1) is 11.1. The van der Waals surface area contributed by atoms with Crippen LogP contribution in [-0.4, -0.2) is 23.1 Å². The van der Waals surface area contributed by atoms with Crippen LogP contribution in [0.1, 0.15) is 38.5 Å². The second-order valence-electron chi connectivity index (χ2n) is 7.81. The van der Waals surface area contributed by atoms with Crippen LogP contribution in [-0.2, 0) is 4.79 Å². The zero-order valence-corrected chi connectivity index (χ0v) is 15.0. The van der Waals surface area contributed by atoms with Gasteiger partial charge in [0.1, 0.15) is 0 Å². The number of carbonyl (C=O) groups excluding carboxylic acids is 1. The van der Waals surface area contributed by atoms with Gasteiger partial charge < -0.3 is 5.32 Å². The van der Waals surface area contributed by atoms with Crippen molar-refractivity contribution in [3.8, 4) is 0 Å². The van der Waals surface area contributed by atoms with Gasteiger partial charge in [-0.1, -0.05) is 18.2 Å². The van der Waals surface area contributed by atoms with Crippen molar-refractivity contribution in [1.29, 1.82) is 0 Å². The molecular formula is C19H24ClNOS. The molecule has 0 heterocycles. The van der Waals surface area contributed by atoms with Crippen LogP contribution >= 0.6 is 23.4 Å². The van der Waals surface area contributed by atoms with Gasteiger partial charge in [-0.2, -0.15) is 0 Å². The Morgan fingerprint density at radius 3 is 2.52 bits per heavy atom. The quantitative estimate of drug-likeness (QED) is 0.482. The van der Waals surface area contributed by atoms with E-state index in [9.17, 15) is 4.79 Å². The number of alkyl halides is 1. The molecule has 4 heteroatoms. The first-order valence-electron chi connectivity index (χ1n) is 8.72. The lowest BCUT2D eigenvalue weighted by Crippen LogP contribution is -2.58. The number of rotatable bonds is 5. The van der Waals surface area contributed by atoms with Gasteiger partial charge in [0.25, 0.3) is 0 Å². The van der Waals surface area contributed by atoms with Crippen LogP contribution in [0, 0.1) is 17.3 Å². The minimum Gasteiger partial charge on any atom is -0.355 e. The standard InChI is InChI=1S/C19H24ClNOS/c20-19-11-14-8-15(12-19)10-18(9-14,13-19)17(22)21-6-7-23-16-4-2-1-3-5-16/h1-5,14-15H,6-13H2,(H,21,22). The molecule has 1 aromatic carbocycles. The summed E-state index contributed by atoms with van der Waals surface area (Å²) in [5.41, 5.74) is -0.163. The second-order valence-corrected chi connectivity index (χ2v) is 9.78. The van der Waals surface area contributed by atoms with Gasteiger partial charge in [0.15, 0.2) is 0 Å². The smallest absolute Gasteiger partial charge is 0.226 e. The van der Waals surface area contributed by atoms with Crippen LogP contribution in [0.4, 0.5) is 0 Å². The maximum absolute atomic E-state index is 12.9. The van der Waals surface area contributed by atoms with Crippen LogP contribution < -0.4 is 5.32 Å².